The Bertz CT molecular complexity index is 636. The molecule has 1 heterocycles. The van der Waals surface area contributed by atoms with Gasteiger partial charge in [0.15, 0.2) is 0 Å². The van der Waals surface area contributed by atoms with Gasteiger partial charge in [0, 0.05) is 6.54 Å². The van der Waals surface area contributed by atoms with Gasteiger partial charge in [-0.05, 0) is 11.1 Å². The van der Waals surface area contributed by atoms with Crippen molar-refractivity contribution in [2.75, 3.05) is 0 Å². The normalized spacial score (nSPS) is 10.3. The molecule has 2 N–H and O–H groups in total. The van der Waals surface area contributed by atoms with Crippen molar-refractivity contribution >= 4 is 11.6 Å². The van der Waals surface area contributed by atoms with E-state index in [1.165, 1.54) is 10.9 Å². The molecular weight excluding hydrogens is 276 g/mol. The van der Waals surface area contributed by atoms with E-state index in [2.05, 4.69) is 10.4 Å². The zero-order valence-electron chi connectivity index (χ0n) is 11.1. The van der Waals surface area contributed by atoms with Crippen molar-refractivity contribution in [3.8, 4) is 0 Å². The van der Waals surface area contributed by atoms with Crippen LogP contribution in [0.4, 0.5) is 5.69 Å². The first-order chi connectivity index (χ1) is 10.1. The van der Waals surface area contributed by atoms with E-state index >= 15 is 0 Å². The highest BCUT2D eigenvalue weighted by atomic mass is 16.6. The molecule has 0 spiro atoms. The molecule has 8 heteroatoms. The summed E-state index contributed by atoms with van der Waals surface area (Å²) in [5, 5.41) is 25.9. The maximum atomic E-state index is 11.7. The van der Waals surface area contributed by atoms with Crippen molar-refractivity contribution in [3.05, 3.63) is 57.9 Å². The Morgan fingerprint density at radius 2 is 2.00 bits per heavy atom. The molecule has 0 fully saturated rings. The summed E-state index contributed by atoms with van der Waals surface area (Å²) < 4.78 is 1.21. The molecule has 0 aliphatic heterocycles. The standard InChI is InChI=1S/C13H14N4O4/c18-9-11-3-1-10(2-4-11)5-14-13(19)8-16-7-12(6-15-16)17(20)21/h1-4,6-7,18H,5,8-9H2,(H,14,19). The first-order valence-corrected chi connectivity index (χ1v) is 6.20. The van der Waals surface area contributed by atoms with Crippen molar-refractivity contribution < 1.29 is 14.8 Å². The van der Waals surface area contributed by atoms with Gasteiger partial charge in [-0.25, -0.2) is 0 Å². The molecule has 0 bridgehead atoms. The quantitative estimate of drug-likeness (QED) is 0.598. The van der Waals surface area contributed by atoms with Crippen LogP contribution < -0.4 is 5.32 Å². The highest BCUT2D eigenvalue weighted by Crippen LogP contribution is 2.07. The summed E-state index contributed by atoms with van der Waals surface area (Å²) in [4.78, 5) is 21.6. The van der Waals surface area contributed by atoms with Gasteiger partial charge in [-0.3, -0.25) is 19.6 Å². The van der Waals surface area contributed by atoms with Gasteiger partial charge in [-0.2, -0.15) is 5.10 Å². The minimum atomic E-state index is -0.565. The zero-order chi connectivity index (χ0) is 15.2. The van der Waals surface area contributed by atoms with E-state index < -0.39 is 4.92 Å². The summed E-state index contributed by atoms with van der Waals surface area (Å²) in [6.45, 7) is 0.237. The van der Waals surface area contributed by atoms with Crippen LogP contribution in [0, 0.1) is 10.1 Å². The molecule has 2 rings (SSSR count). The Balaban J connectivity index is 1.84. The molecule has 0 aliphatic carbocycles. The van der Waals surface area contributed by atoms with E-state index in [-0.39, 0.29) is 24.7 Å². The molecule has 0 aliphatic rings. The number of nitrogens with zero attached hydrogens (tertiary/aromatic N) is 3. The van der Waals surface area contributed by atoms with Crippen LogP contribution in [0.1, 0.15) is 11.1 Å². The number of hydrogen-bond acceptors (Lipinski definition) is 5. The van der Waals surface area contributed by atoms with Crippen LogP contribution in [-0.4, -0.2) is 25.7 Å². The predicted octanol–water partition coefficient (Wildman–Crippen LogP) is 0.600. The lowest BCUT2D eigenvalue weighted by Crippen LogP contribution is -2.27. The number of carbonyl (C=O) groups excluding carboxylic acids is 1. The summed E-state index contributed by atoms with van der Waals surface area (Å²) >= 11 is 0. The van der Waals surface area contributed by atoms with Gasteiger partial charge in [-0.1, -0.05) is 24.3 Å². The number of nitro groups is 1. The fraction of sp³-hybridized carbons (Fsp3) is 0.231. The van der Waals surface area contributed by atoms with Crippen LogP contribution in [0.25, 0.3) is 0 Å². The summed E-state index contributed by atoms with van der Waals surface area (Å²) in [5.41, 5.74) is 1.54. The van der Waals surface area contributed by atoms with E-state index in [0.29, 0.717) is 6.54 Å². The largest absolute Gasteiger partial charge is 0.392 e. The highest BCUT2D eigenvalue weighted by molar-refractivity contribution is 5.75. The monoisotopic (exact) mass is 290 g/mol. The van der Waals surface area contributed by atoms with Crippen LogP contribution in [0.15, 0.2) is 36.7 Å². The molecule has 8 nitrogen and oxygen atoms in total. The van der Waals surface area contributed by atoms with Gasteiger partial charge >= 0.3 is 5.69 Å². The smallest absolute Gasteiger partial charge is 0.307 e. The minimum absolute atomic E-state index is 0.0231. The average molecular weight is 290 g/mol. The second-order valence-electron chi connectivity index (χ2n) is 4.40. The summed E-state index contributed by atoms with van der Waals surface area (Å²) in [6.07, 6.45) is 2.30. The Hall–Kier alpha value is -2.74. The molecule has 110 valence electrons. The van der Waals surface area contributed by atoms with Crippen LogP contribution in [0.3, 0.4) is 0 Å². The summed E-state index contributed by atoms with van der Waals surface area (Å²) in [5.74, 6) is -0.292. The van der Waals surface area contributed by atoms with Crippen molar-refractivity contribution in [2.24, 2.45) is 0 Å². The fourth-order valence-corrected chi connectivity index (χ4v) is 1.70. The third-order valence-electron chi connectivity index (χ3n) is 2.83. The highest BCUT2D eigenvalue weighted by Gasteiger charge is 2.10. The number of nitrogens with one attached hydrogen (secondary N) is 1. The molecule has 1 aromatic heterocycles. The van der Waals surface area contributed by atoms with Crippen molar-refractivity contribution in [3.63, 3.8) is 0 Å². The SMILES string of the molecule is O=C(Cn1cc([N+](=O)[O-])cn1)NCc1ccc(CO)cc1. The Morgan fingerprint density at radius 3 is 2.57 bits per heavy atom. The molecule has 0 unspecified atom stereocenters. The Morgan fingerprint density at radius 1 is 1.33 bits per heavy atom. The summed E-state index contributed by atoms with van der Waals surface area (Å²) in [7, 11) is 0. The van der Waals surface area contributed by atoms with Crippen LogP contribution in [0.2, 0.25) is 0 Å². The van der Waals surface area contributed by atoms with Crippen LogP contribution in [0.5, 0.6) is 0 Å². The first kappa shape index (κ1) is 14.7. The lowest BCUT2D eigenvalue weighted by Gasteiger charge is -2.06. The number of benzene rings is 1. The molecule has 21 heavy (non-hydrogen) atoms. The van der Waals surface area contributed by atoms with Gasteiger partial charge < -0.3 is 10.4 Å². The number of aliphatic hydroxyl groups excluding tert-OH is 1. The molecule has 0 atom stereocenters. The van der Waals surface area contributed by atoms with E-state index in [4.69, 9.17) is 5.11 Å². The number of hydrogen-bond donors (Lipinski definition) is 2. The van der Waals surface area contributed by atoms with Gasteiger partial charge in [0.2, 0.25) is 5.91 Å². The average Bonchev–Trinajstić information content (AvgIpc) is 2.94. The van der Waals surface area contributed by atoms with E-state index in [1.807, 2.05) is 12.1 Å². The Labute approximate surface area is 120 Å². The van der Waals surface area contributed by atoms with Crippen molar-refractivity contribution in [1.82, 2.24) is 15.1 Å². The van der Waals surface area contributed by atoms with Crippen molar-refractivity contribution in [2.45, 2.75) is 19.7 Å². The third kappa shape index (κ3) is 4.11. The second-order valence-corrected chi connectivity index (χ2v) is 4.40. The number of carbonyl (C=O) groups is 1. The second kappa shape index (κ2) is 6.62. The minimum Gasteiger partial charge on any atom is -0.392 e. The lowest BCUT2D eigenvalue weighted by atomic mass is 10.1. The Kier molecular flexibility index (Phi) is 4.62. The van der Waals surface area contributed by atoms with E-state index in [1.54, 1.807) is 12.1 Å². The van der Waals surface area contributed by atoms with Gasteiger partial charge in [0.05, 0.1) is 11.5 Å². The predicted molar refractivity (Wildman–Crippen MR) is 73.1 cm³/mol. The number of aromatic nitrogens is 2. The molecule has 0 saturated carbocycles. The van der Waals surface area contributed by atoms with E-state index in [9.17, 15) is 14.9 Å². The van der Waals surface area contributed by atoms with Crippen LogP contribution >= 0.6 is 0 Å². The lowest BCUT2D eigenvalue weighted by molar-refractivity contribution is -0.385. The van der Waals surface area contributed by atoms with Gasteiger partial charge in [0.1, 0.15) is 18.9 Å². The maximum absolute atomic E-state index is 11.7. The van der Waals surface area contributed by atoms with E-state index in [0.717, 1.165) is 17.3 Å². The fourth-order valence-electron chi connectivity index (χ4n) is 1.70. The molecule has 1 aromatic carbocycles. The number of amides is 1. The van der Waals surface area contributed by atoms with Gasteiger partial charge in [-0.15, -0.1) is 0 Å². The third-order valence-corrected chi connectivity index (χ3v) is 2.83. The van der Waals surface area contributed by atoms with Gasteiger partial charge in [0.25, 0.3) is 0 Å². The topological polar surface area (TPSA) is 110 Å². The van der Waals surface area contributed by atoms with Crippen molar-refractivity contribution in [1.29, 1.82) is 0 Å². The zero-order valence-corrected chi connectivity index (χ0v) is 11.1. The molecule has 1 amide bonds. The molecule has 2 aromatic rings. The molecular formula is C13H14N4O4. The van der Waals surface area contributed by atoms with Crippen LogP contribution in [-0.2, 0) is 24.5 Å². The first-order valence-electron chi connectivity index (χ1n) is 6.20. The number of aliphatic hydroxyl groups is 1. The summed E-state index contributed by atoms with van der Waals surface area (Å²) in [6, 6.07) is 7.17. The molecule has 0 radical (unpaired) electrons. The number of rotatable bonds is 6. The molecule has 0 saturated heterocycles. The maximum Gasteiger partial charge on any atom is 0.307 e.